The van der Waals surface area contributed by atoms with E-state index in [9.17, 15) is 4.79 Å². The molecular weight excluding hydrogens is 479 g/mol. The number of nitrogens with zero attached hydrogens (tertiary/aromatic N) is 2. The summed E-state index contributed by atoms with van der Waals surface area (Å²) in [6, 6.07) is 8.40. The molecule has 1 heterocycles. The van der Waals surface area contributed by atoms with E-state index in [1.165, 1.54) is 18.4 Å². The quantitative estimate of drug-likeness (QED) is 0.333. The summed E-state index contributed by atoms with van der Waals surface area (Å²) in [6.45, 7) is 5.25. The van der Waals surface area contributed by atoms with Crippen LogP contribution < -0.4 is 15.4 Å². The standard InChI is InChI=1S/C22H34N4O2.HI/c1-3-23-22(24-13-11-17-7-6-10-20(15-17)28-2)25-19-12-14-26(16-19)21(27)18-8-4-5-9-18;/h6-7,10,15,18-19H,3-5,8-9,11-14,16H2,1-2H3,(H2,23,24,25);1H. The Labute approximate surface area is 191 Å². The van der Waals surface area contributed by atoms with Crippen LogP contribution in [0.4, 0.5) is 0 Å². The van der Waals surface area contributed by atoms with Gasteiger partial charge in [-0.3, -0.25) is 9.79 Å². The molecule has 1 amide bonds. The van der Waals surface area contributed by atoms with Gasteiger partial charge in [-0.1, -0.05) is 25.0 Å². The van der Waals surface area contributed by atoms with E-state index in [0.717, 1.165) is 57.0 Å². The van der Waals surface area contributed by atoms with Crippen molar-refractivity contribution < 1.29 is 9.53 Å². The topological polar surface area (TPSA) is 66.0 Å². The predicted octanol–water partition coefficient (Wildman–Crippen LogP) is 3.20. The van der Waals surface area contributed by atoms with Gasteiger partial charge in [0.1, 0.15) is 5.75 Å². The van der Waals surface area contributed by atoms with Gasteiger partial charge in [0.2, 0.25) is 5.91 Å². The number of amides is 1. The third-order valence-electron chi connectivity index (χ3n) is 5.69. The van der Waals surface area contributed by atoms with Crippen molar-refractivity contribution in [3.8, 4) is 5.75 Å². The van der Waals surface area contributed by atoms with E-state index < -0.39 is 0 Å². The zero-order valence-electron chi connectivity index (χ0n) is 17.7. The van der Waals surface area contributed by atoms with Crippen molar-refractivity contribution in [2.45, 2.75) is 51.5 Å². The average molecular weight is 514 g/mol. The van der Waals surface area contributed by atoms with E-state index >= 15 is 0 Å². The summed E-state index contributed by atoms with van der Waals surface area (Å²) >= 11 is 0. The zero-order chi connectivity index (χ0) is 19.8. The molecule has 7 heteroatoms. The van der Waals surface area contributed by atoms with Crippen LogP contribution >= 0.6 is 24.0 Å². The molecule has 0 aromatic heterocycles. The van der Waals surface area contributed by atoms with Gasteiger partial charge in [0, 0.05) is 38.1 Å². The van der Waals surface area contributed by atoms with Gasteiger partial charge in [-0.15, -0.1) is 24.0 Å². The minimum absolute atomic E-state index is 0. The summed E-state index contributed by atoms with van der Waals surface area (Å²) in [5.74, 6) is 2.35. The molecule has 162 valence electrons. The lowest BCUT2D eigenvalue weighted by molar-refractivity contribution is -0.134. The number of aliphatic imine (C=N–C) groups is 1. The first-order chi connectivity index (χ1) is 13.7. The molecule has 1 aliphatic carbocycles. The molecule has 29 heavy (non-hydrogen) atoms. The van der Waals surface area contributed by atoms with Crippen molar-refractivity contribution in [1.82, 2.24) is 15.5 Å². The van der Waals surface area contributed by atoms with Crippen LogP contribution in [0.3, 0.4) is 0 Å². The van der Waals surface area contributed by atoms with Crippen LogP contribution in [0.1, 0.15) is 44.6 Å². The molecule has 6 nitrogen and oxygen atoms in total. The molecule has 2 fully saturated rings. The highest BCUT2D eigenvalue weighted by Gasteiger charge is 2.32. The molecule has 1 atom stereocenters. The number of rotatable bonds is 7. The number of carbonyl (C=O) groups is 1. The summed E-state index contributed by atoms with van der Waals surface area (Å²) < 4.78 is 5.28. The lowest BCUT2D eigenvalue weighted by Gasteiger charge is -2.21. The second-order valence-electron chi connectivity index (χ2n) is 7.76. The number of guanidine groups is 1. The lowest BCUT2D eigenvalue weighted by atomic mass is 10.1. The van der Waals surface area contributed by atoms with Gasteiger partial charge in [0.15, 0.2) is 5.96 Å². The number of hydrogen-bond acceptors (Lipinski definition) is 3. The Morgan fingerprint density at radius 1 is 1.28 bits per heavy atom. The molecule has 1 unspecified atom stereocenters. The summed E-state index contributed by atoms with van der Waals surface area (Å²) in [7, 11) is 1.69. The van der Waals surface area contributed by atoms with Crippen LogP contribution in [-0.2, 0) is 11.2 Å². The number of hydrogen-bond donors (Lipinski definition) is 2. The van der Waals surface area contributed by atoms with Crippen LogP contribution in [0.25, 0.3) is 0 Å². The fraction of sp³-hybridized carbons (Fsp3) is 0.636. The van der Waals surface area contributed by atoms with Crippen LogP contribution in [0.15, 0.2) is 29.3 Å². The monoisotopic (exact) mass is 514 g/mol. The Morgan fingerprint density at radius 2 is 2.07 bits per heavy atom. The maximum atomic E-state index is 12.6. The molecule has 1 saturated heterocycles. The van der Waals surface area contributed by atoms with Crippen molar-refractivity contribution in [2.24, 2.45) is 10.9 Å². The van der Waals surface area contributed by atoms with E-state index in [1.807, 2.05) is 17.0 Å². The Bertz CT molecular complexity index is 677. The molecule has 0 radical (unpaired) electrons. The van der Waals surface area contributed by atoms with Gasteiger partial charge in [-0.2, -0.15) is 0 Å². The fourth-order valence-electron chi connectivity index (χ4n) is 4.15. The molecule has 2 N–H and O–H groups in total. The van der Waals surface area contributed by atoms with Gasteiger partial charge in [-0.05, 0) is 50.3 Å². The van der Waals surface area contributed by atoms with Crippen molar-refractivity contribution in [1.29, 1.82) is 0 Å². The molecule has 2 aliphatic rings. The van der Waals surface area contributed by atoms with Gasteiger partial charge in [0.05, 0.1) is 7.11 Å². The summed E-state index contributed by atoms with van der Waals surface area (Å²) in [4.78, 5) is 19.4. The number of nitrogens with one attached hydrogen (secondary N) is 2. The summed E-state index contributed by atoms with van der Waals surface area (Å²) in [5, 5.41) is 6.85. The summed E-state index contributed by atoms with van der Waals surface area (Å²) in [5.41, 5.74) is 1.22. The number of halogens is 1. The Morgan fingerprint density at radius 3 is 2.79 bits per heavy atom. The minimum atomic E-state index is 0. The predicted molar refractivity (Wildman–Crippen MR) is 128 cm³/mol. The number of likely N-dealkylation sites (tertiary alicyclic amines) is 1. The third kappa shape index (κ3) is 7.04. The van der Waals surface area contributed by atoms with Gasteiger partial charge in [0.25, 0.3) is 0 Å². The second-order valence-corrected chi connectivity index (χ2v) is 7.76. The Hall–Kier alpha value is -1.51. The molecule has 0 spiro atoms. The summed E-state index contributed by atoms with van der Waals surface area (Å²) in [6.07, 6.45) is 6.40. The number of carbonyl (C=O) groups excluding carboxylic acids is 1. The Kier molecular flexibility index (Phi) is 10.0. The third-order valence-corrected chi connectivity index (χ3v) is 5.69. The fourth-order valence-corrected chi connectivity index (χ4v) is 4.15. The van der Waals surface area contributed by atoms with Gasteiger partial charge < -0.3 is 20.3 Å². The first-order valence-electron chi connectivity index (χ1n) is 10.7. The van der Waals surface area contributed by atoms with Crippen LogP contribution in [0, 0.1) is 5.92 Å². The SMILES string of the molecule is CCNC(=NCCc1cccc(OC)c1)NC1CCN(C(=O)C2CCCC2)C1.I. The van der Waals surface area contributed by atoms with Crippen molar-refractivity contribution in [2.75, 3.05) is 33.3 Å². The van der Waals surface area contributed by atoms with Crippen molar-refractivity contribution in [3.63, 3.8) is 0 Å². The lowest BCUT2D eigenvalue weighted by Crippen LogP contribution is -2.45. The van der Waals surface area contributed by atoms with Crippen molar-refractivity contribution >= 4 is 35.8 Å². The van der Waals surface area contributed by atoms with Gasteiger partial charge >= 0.3 is 0 Å². The van der Waals surface area contributed by atoms with E-state index in [4.69, 9.17) is 9.73 Å². The van der Waals surface area contributed by atoms with Gasteiger partial charge in [-0.25, -0.2) is 0 Å². The van der Waals surface area contributed by atoms with Crippen molar-refractivity contribution in [3.05, 3.63) is 29.8 Å². The highest BCUT2D eigenvalue weighted by atomic mass is 127. The molecule has 1 aromatic carbocycles. The van der Waals surface area contributed by atoms with E-state index in [0.29, 0.717) is 12.5 Å². The number of methoxy groups -OCH3 is 1. The first kappa shape index (κ1) is 23.8. The molecule has 1 saturated carbocycles. The molecule has 1 aliphatic heterocycles. The van der Waals surface area contributed by atoms with Crippen LogP contribution in [0.2, 0.25) is 0 Å². The average Bonchev–Trinajstić information content (AvgIpc) is 3.40. The maximum absolute atomic E-state index is 12.6. The normalized spacial score (nSPS) is 19.7. The second kappa shape index (κ2) is 12.2. The molecule has 1 aromatic rings. The smallest absolute Gasteiger partial charge is 0.225 e. The van der Waals surface area contributed by atoms with E-state index in [-0.39, 0.29) is 35.9 Å². The number of ether oxygens (including phenoxy) is 1. The highest BCUT2D eigenvalue weighted by molar-refractivity contribution is 14.0. The number of benzene rings is 1. The van der Waals surface area contributed by atoms with E-state index in [2.05, 4.69) is 29.7 Å². The highest BCUT2D eigenvalue weighted by Crippen LogP contribution is 2.27. The molecule has 0 bridgehead atoms. The largest absolute Gasteiger partial charge is 0.497 e. The Balaban J connectivity index is 0.00000300. The van der Waals surface area contributed by atoms with Crippen LogP contribution in [0.5, 0.6) is 5.75 Å². The zero-order valence-corrected chi connectivity index (χ0v) is 20.0. The minimum Gasteiger partial charge on any atom is -0.497 e. The molecular formula is C22H35IN4O2. The van der Waals surface area contributed by atoms with E-state index in [1.54, 1.807) is 7.11 Å². The first-order valence-corrected chi connectivity index (χ1v) is 10.7. The molecule has 3 rings (SSSR count). The maximum Gasteiger partial charge on any atom is 0.225 e. The van der Waals surface area contributed by atoms with Crippen LogP contribution in [-0.4, -0.2) is 56.1 Å².